The lowest BCUT2D eigenvalue weighted by molar-refractivity contribution is -0.136. The molecule has 7 nitrogen and oxygen atoms in total. The van der Waals surface area contributed by atoms with Crippen molar-refractivity contribution in [1.82, 2.24) is 10.2 Å². The highest BCUT2D eigenvalue weighted by Gasteiger charge is 2.41. The number of nitrogens with zero attached hydrogens (tertiary/aromatic N) is 1. The number of nitrogens with one attached hydrogen (secondary N) is 1. The molecule has 1 unspecified atom stereocenters. The number of carbonyl (C=O) groups is 3. The highest BCUT2D eigenvalue weighted by Crippen LogP contribution is 2.38. The second-order valence-corrected chi connectivity index (χ2v) is 6.63. The van der Waals surface area contributed by atoms with Crippen molar-refractivity contribution in [1.29, 1.82) is 0 Å². The fourth-order valence-corrected chi connectivity index (χ4v) is 4.01. The Labute approximate surface area is 139 Å². The molecule has 1 saturated heterocycles. The van der Waals surface area contributed by atoms with Gasteiger partial charge in [0.05, 0.1) is 11.7 Å². The molecular formula is C17H19N3O4. The van der Waals surface area contributed by atoms with Gasteiger partial charge in [-0.1, -0.05) is 6.07 Å². The van der Waals surface area contributed by atoms with Crippen LogP contribution in [0.4, 0.5) is 5.69 Å². The van der Waals surface area contributed by atoms with Gasteiger partial charge in [0.1, 0.15) is 6.04 Å². The third-order valence-corrected chi connectivity index (χ3v) is 5.27. The van der Waals surface area contributed by atoms with Crippen LogP contribution >= 0.6 is 0 Å². The molecule has 3 N–H and O–H groups in total. The molecule has 0 aromatic heterocycles. The van der Waals surface area contributed by atoms with Crippen molar-refractivity contribution in [3.8, 4) is 0 Å². The van der Waals surface area contributed by atoms with E-state index in [1.54, 1.807) is 7.11 Å². The van der Waals surface area contributed by atoms with Crippen LogP contribution in [0.25, 0.3) is 0 Å². The Hall–Kier alpha value is -2.41. The van der Waals surface area contributed by atoms with E-state index in [9.17, 15) is 14.4 Å². The lowest BCUT2D eigenvalue weighted by Crippen LogP contribution is -2.52. The Morgan fingerprint density at radius 1 is 1.25 bits per heavy atom. The van der Waals surface area contributed by atoms with Gasteiger partial charge >= 0.3 is 0 Å². The lowest BCUT2D eigenvalue weighted by atomic mass is 9.99. The van der Waals surface area contributed by atoms with Crippen molar-refractivity contribution in [2.45, 2.75) is 44.4 Å². The van der Waals surface area contributed by atoms with Crippen LogP contribution in [0.2, 0.25) is 0 Å². The number of imide groups is 1. The molecule has 1 aromatic carbocycles. The van der Waals surface area contributed by atoms with Crippen molar-refractivity contribution in [3.63, 3.8) is 0 Å². The number of methoxy groups -OCH3 is 1. The largest absolute Gasteiger partial charge is 0.398 e. The zero-order valence-electron chi connectivity index (χ0n) is 13.4. The van der Waals surface area contributed by atoms with Crippen molar-refractivity contribution in [2.75, 3.05) is 12.8 Å². The summed E-state index contributed by atoms with van der Waals surface area (Å²) in [6.45, 7) is 0.357. The van der Waals surface area contributed by atoms with E-state index in [2.05, 4.69) is 5.32 Å². The van der Waals surface area contributed by atoms with Gasteiger partial charge in [0.25, 0.3) is 5.91 Å². The Bertz CT molecular complexity index is 774. The molecule has 1 aliphatic carbocycles. The van der Waals surface area contributed by atoms with Crippen LogP contribution in [0.3, 0.4) is 0 Å². The Balaban J connectivity index is 1.66. The maximum absolute atomic E-state index is 12.8. The zero-order chi connectivity index (χ0) is 17.0. The first-order chi connectivity index (χ1) is 11.5. The number of hydrogen-bond acceptors (Lipinski definition) is 5. The number of ether oxygens (including phenoxy) is 1. The molecule has 1 fully saturated rings. The van der Waals surface area contributed by atoms with E-state index in [1.807, 2.05) is 6.07 Å². The molecule has 126 valence electrons. The van der Waals surface area contributed by atoms with Gasteiger partial charge in [0.2, 0.25) is 11.8 Å². The first kappa shape index (κ1) is 15.1. The highest BCUT2D eigenvalue weighted by atomic mass is 16.5. The summed E-state index contributed by atoms with van der Waals surface area (Å²) in [5.41, 5.74) is 10.3. The quantitative estimate of drug-likeness (QED) is 0.594. The molecule has 4 rings (SSSR count). The Kier molecular flexibility index (Phi) is 3.35. The predicted octanol–water partition coefficient (Wildman–Crippen LogP) is 0.143. The summed E-state index contributed by atoms with van der Waals surface area (Å²) in [6.07, 6.45) is 2.20. The first-order valence-electron chi connectivity index (χ1n) is 8.10. The van der Waals surface area contributed by atoms with Gasteiger partial charge in [-0.25, -0.2) is 0 Å². The number of piperidine rings is 1. The Morgan fingerprint density at radius 2 is 2.04 bits per heavy atom. The first-order valence-corrected chi connectivity index (χ1v) is 8.10. The second kappa shape index (κ2) is 5.31. The minimum absolute atomic E-state index is 0.103. The molecule has 1 aromatic rings. The molecule has 2 atom stereocenters. The third-order valence-electron chi connectivity index (χ3n) is 5.27. The molecule has 0 spiro atoms. The molecule has 3 aliphatic rings. The number of nitrogen functional groups attached to an aromatic ring is 1. The second-order valence-electron chi connectivity index (χ2n) is 6.63. The van der Waals surface area contributed by atoms with Gasteiger partial charge in [0, 0.05) is 32.2 Å². The van der Waals surface area contributed by atoms with E-state index in [4.69, 9.17) is 10.5 Å². The summed E-state index contributed by atoms with van der Waals surface area (Å²) in [5, 5.41) is 2.31. The number of fused-ring (bicyclic) bond motifs is 2. The van der Waals surface area contributed by atoms with Crippen molar-refractivity contribution in [3.05, 3.63) is 28.3 Å². The average molecular weight is 329 g/mol. The van der Waals surface area contributed by atoms with Crippen molar-refractivity contribution < 1.29 is 19.1 Å². The van der Waals surface area contributed by atoms with Crippen molar-refractivity contribution >= 4 is 23.4 Å². The van der Waals surface area contributed by atoms with E-state index in [-0.39, 0.29) is 24.3 Å². The molecule has 0 saturated carbocycles. The Morgan fingerprint density at radius 3 is 2.75 bits per heavy atom. The maximum atomic E-state index is 12.8. The lowest BCUT2D eigenvalue weighted by Gasteiger charge is -2.29. The molecule has 2 aliphatic heterocycles. The monoisotopic (exact) mass is 329 g/mol. The van der Waals surface area contributed by atoms with E-state index >= 15 is 0 Å². The minimum Gasteiger partial charge on any atom is -0.398 e. The minimum atomic E-state index is -0.608. The van der Waals surface area contributed by atoms with E-state index in [0.29, 0.717) is 30.6 Å². The van der Waals surface area contributed by atoms with Gasteiger partial charge < -0.3 is 15.4 Å². The van der Waals surface area contributed by atoms with Crippen LogP contribution < -0.4 is 11.1 Å². The normalized spacial score (nSPS) is 25.7. The fourth-order valence-electron chi connectivity index (χ4n) is 4.01. The predicted molar refractivity (Wildman–Crippen MR) is 85.1 cm³/mol. The smallest absolute Gasteiger partial charge is 0.257 e. The highest BCUT2D eigenvalue weighted by molar-refractivity contribution is 6.08. The molecule has 3 amide bonds. The van der Waals surface area contributed by atoms with Crippen LogP contribution in [0, 0.1) is 0 Å². The molecule has 7 heteroatoms. The van der Waals surface area contributed by atoms with E-state index in [0.717, 1.165) is 23.1 Å². The topological polar surface area (TPSA) is 102 Å². The molecule has 0 radical (unpaired) electrons. The van der Waals surface area contributed by atoms with Gasteiger partial charge in [-0.15, -0.1) is 0 Å². The summed E-state index contributed by atoms with van der Waals surface area (Å²) >= 11 is 0. The molecule has 24 heavy (non-hydrogen) atoms. The molecular weight excluding hydrogens is 310 g/mol. The number of rotatable bonds is 2. The van der Waals surface area contributed by atoms with Crippen LogP contribution in [-0.2, 0) is 33.7 Å². The van der Waals surface area contributed by atoms with Crippen LogP contribution in [0.1, 0.15) is 39.9 Å². The standard InChI is InChI=1S/C17H19N3O4/c1-24-10-5-8-4-9-7-20(12-2-3-13(21)19-16(12)22)17(23)14(9)15(18)11(8)6-10/h4,10,12H,2-3,5-7,18H2,1H3,(H,19,21,22)/t10?,12-/m0/s1. The maximum Gasteiger partial charge on any atom is 0.257 e. The summed E-state index contributed by atoms with van der Waals surface area (Å²) in [4.78, 5) is 37.8. The van der Waals surface area contributed by atoms with Crippen LogP contribution in [-0.4, -0.2) is 41.9 Å². The van der Waals surface area contributed by atoms with Gasteiger partial charge in [-0.05, 0) is 29.5 Å². The van der Waals surface area contributed by atoms with E-state index < -0.39 is 11.9 Å². The van der Waals surface area contributed by atoms with Gasteiger partial charge in [0.15, 0.2) is 0 Å². The number of nitrogens with two attached hydrogens (primary N) is 1. The average Bonchev–Trinajstić information content (AvgIpc) is 3.09. The van der Waals surface area contributed by atoms with Crippen LogP contribution in [0.15, 0.2) is 6.07 Å². The number of benzene rings is 1. The number of hydrogen-bond donors (Lipinski definition) is 2. The molecule has 0 bridgehead atoms. The van der Waals surface area contributed by atoms with Crippen LogP contribution in [0.5, 0.6) is 0 Å². The third kappa shape index (κ3) is 2.11. The number of anilines is 1. The fraction of sp³-hybridized carbons (Fsp3) is 0.471. The van der Waals surface area contributed by atoms with Gasteiger partial charge in [-0.3, -0.25) is 19.7 Å². The van der Waals surface area contributed by atoms with Gasteiger partial charge in [-0.2, -0.15) is 0 Å². The number of carbonyl (C=O) groups excluding carboxylic acids is 3. The summed E-state index contributed by atoms with van der Waals surface area (Å²) in [5.74, 6) is -0.914. The SMILES string of the molecule is COC1Cc2cc3c(c(N)c2C1)C(=O)N([C@H]1CCC(=O)NC1=O)C3. The van der Waals surface area contributed by atoms with E-state index in [1.165, 1.54) is 4.90 Å². The summed E-state index contributed by atoms with van der Waals surface area (Å²) < 4.78 is 5.41. The summed E-state index contributed by atoms with van der Waals surface area (Å²) in [7, 11) is 1.68. The number of amides is 3. The zero-order valence-corrected chi connectivity index (χ0v) is 13.4. The summed E-state index contributed by atoms with van der Waals surface area (Å²) in [6, 6.07) is 1.41. The van der Waals surface area contributed by atoms with Crippen molar-refractivity contribution in [2.24, 2.45) is 0 Å². The molecule has 2 heterocycles.